The van der Waals surface area contributed by atoms with Gasteiger partial charge in [0.05, 0.1) is 0 Å². The van der Waals surface area contributed by atoms with Gasteiger partial charge in [0, 0.05) is 45.9 Å². The second kappa shape index (κ2) is 7.20. The summed E-state index contributed by atoms with van der Waals surface area (Å²) in [6, 6.07) is 6.71. The molecule has 0 aliphatic rings. The van der Waals surface area contributed by atoms with Gasteiger partial charge in [-0.1, -0.05) is 0 Å². The summed E-state index contributed by atoms with van der Waals surface area (Å²) >= 11 is 0. The van der Waals surface area contributed by atoms with Crippen LogP contribution in [-0.2, 0) is 4.79 Å². The highest BCUT2D eigenvalue weighted by Gasteiger charge is 2.22. The van der Waals surface area contributed by atoms with Crippen LogP contribution in [0.15, 0.2) is 30.3 Å². The van der Waals surface area contributed by atoms with Crippen LogP contribution in [-0.4, -0.2) is 54.4 Å². The molecule has 0 aliphatic heterocycles. The number of hydrogen-bond donors (Lipinski definition) is 3. The highest BCUT2D eigenvalue weighted by atomic mass is 19.1. The van der Waals surface area contributed by atoms with E-state index < -0.39 is 11.6 Å². The Morgan fingerprint density at radius 2 is 1.81 bits per heavy atom. The van der Waals surface area contributed by atoms with Gasteiger partial charge in [-0.3, -0.25) is 9.59 Å². The maximum absolute atomic E-state index is 14.7. The Morgan fingerprint density at radius 3 is 2.48 bits per heavy atom. The van der Waals surface area contributed by atoms with E-state index in [9.17, 15) is 24.2 Å². The van der Waals surface area contributed by atoms with Gasteiger partial charge in [-0.05, 0) is 44.4 Å². The molecule has 0 radical (unpaired) electrons. The normalized spacial score (nSPS) is 11.3. The van der Waals surface area contributed by atoms with Gasteiger partial charge in [-0.25, -0.2) is 4.39 Å². The van der Waals surface area contributed by atoms with Crippen molar-refractivity contribution in [1.29, 1.82) is 0 Å². The molecule has 27 heavy (non-hydrogen) atoms. The van der Waals surface area contributed by atoms with E-state index in [1.165, 1.54) is 30.3 Å². The second-order valence-corrected chi connectivity index (χ2v) is 6.51. The van der Waals surface area contributed by atoms with Gasteiger partial charge in [-0.15, -0.1) is 0 Å². The molecule has 0 heterocycles. The summed E-state index contributed by atoms with van der Waals surface area (Å²) in [7, 11) is 3.83. The van der Waals surface area contributed by atoms with Crippen LogP contribution in [0.4, 0.5) is 10.1 Å². The molecule has 3 N–H and O–H groups in total. The van der Waals surface area contributed by atoms with Crippen molar-refractivity contribution in [1.82, 2.24) is 4.90 Å². The Morgan fingerprint density at radius 1 is 1.11 bits per heavy atom. The van der Waals surface area contributed by atoms with E-state index in [2.05, 4.69) is 5.32 Å². The average molecular weight is 370 g/mol. The molecule has 140 valence electrons. The van der Waals surface area contributed by atoms with Crippen LogP contribution in [0.5, 0.6) is 11.5 Å². The van der Waals surface area contributed by atoms with Crippen molar-refractivity contribution in [3.8, 4) is 11.5 Å². The third-order valence-corrected chi connectivity index (χ3v) is 4.41. The van der Waals surface area contributed by atoms with Crippen LogP contribution in [0.25, 0.3) is 21.5 Å². The summed E-state index contributed by atoms with van der Waals surface area (Å²) in [6.45, 7) is 1.29. The number of Topliss-reactive ketones (excluding diaryl/α,β-unsaturated/α-hetero) is 1. The second-order valence-electron chi connectivity index (χ2n) is 6.51. The van der Waals surface area contributed by atoms with Gasteiger partial charge in [0.25, 0.3) is 0 Å². The van der Waals surface area contributed by atoms with Crippen LogP contribution in [0.2, 0.25) is 0 Å². The van der Waals surface area contributed by atoms with Gasteiger partial charge in [0.2, 0.25) is 5.78 Å². The van der Waals surface area contributed by atoms with Gasteiger partial charge in [-0.2, -0.15) is 0 Å². The number of phenolic OH excluding ortho intramolecular Hbond substituents is 2. The maximum Gasteiger partial charge on any atom is 0.226 e. The fourth-order valence-corrected chi connectivity index (χ4v) is 3.15. The molecule has 0 spiro atoms. The first-order valence-corrected chi connectivity index (χ1v) is 8.33. The molecule has 0 bridgehead atoms. The number of aromatic hydroxyl groups is 2. The number of benzene rings is 3. The van der Waals surface area contributed by atoms with Crippen molar-refractivity contribution in [3.63, 3.8) is 0 Å². The first kappa shape index (κ1) is 18.6. The lowest BCUT2D eigenvalue weighted by Gasteiger charge is -2.17. The molecular weight excluding hydrogens is 351 g/mol. The van der Waals surface area contributed by atoms with Crippen molar-refractivity contribution < 1.29 is 24.2 Å². The van der Waals surface area contributed by atoms with E-state index >= 15 is 0 Å². The standard InChI is InChI=1S/C20H19FN2O4/c1-23(2)8-7-22-14-4-3-13(21)18-11(14)9-12-15(25)5-6-16(26)19(12)20(18)17(27)10-24/h3-6,9-10,22,25-26H,7-8H2,1-2H3. The predicted molar refractivity (Wildman–Crippen MR) is 102 cm³/mol. The minimum atomic E-state index is -0.976. The lowest BCUT2D eigenvalue weighted by molar-refractivity contribution is -0.104. The Kier molecular flexibility index (Phi) is 4.96. The number of aldehydes is 1. The smallest absolute Gasteiger partial charge is 0.226 e. The number of anilines is 1. The number of halogens is 1. The molecule has 6 nitrogen and oxygen atoms in total. The number of hydrogen-bond acceptors (Lipinski definition) is 6. The molecule has 0 saturated carbocycles. The van der Waals surface area contributed by atoms with Gasteiger partial charge in [0.1, 0.15) is 17.3 Å². The topological polar surface area (TPSA) is 89.9 Å². The van der Waals surface area contributed by atoms with E-state index in [-0.39, 0.29) is 39.5 Å². The molecule has 3 aromatic carbocycles. The molecule has 7 heteroatoms. The molecule has 3 aromatic rings. The van der Waals surface area contributed by atoms with Crippen LogP contribution in [0.1, 0.15) is 10.4 Å². The minimum absolute atomic E-state index is 0.0519. The lowest BCUT2D eigenvalue weighted by atomic mass is 9.92. The van der Waals surface area contributed by atoms with Crippen molar-refractivity contribution in [2.45, 2.75) is 0 Å². The van der Waals surface area contributed by atoms with Crippen molar-refractivity contribution in [3.05, 3.63) is 41.7 Å². The summed E-state index contributed by atoms with van der Waals surface area (Å²) in [5.41, 5.74) is 0.289. The summed E-state index contributed by atoms with van der Waals surface area (Å²) in [5, 5.41) is 24.0. The van der Waals surface area contributed by atoms with E-state index in [4.69, 9.17) is 0 Å². The van der Waals surface area contributed by atoms with E-state index in [0.29, 0.717) is 17.6 Å². The van der Waals surface area contributed by atoms with Gasteiger partial charge in [0.15, 0.2) is 6.29 Å². The molecule has 0 amide bonds. The zero-order valence-corrected chi connectivity index (χ0v) is 14.9. The highest BCUT2D eigenvalue weighted by molar-refractivity contribution is 6.41. The van der Waals surface area contributed by atoms with Crippen molar-refractivity contribution in [2.75, 3.05) is 32.5 Å². The van der Waals surface area contributed by atoms with Crippen molar-refractivity contribution >= 4 is 39.3 Å². The third kappa shape index (κ3) is 3.29. The molecular formula is C20H19FN2O4. The average Bonchev–Trinajstić information content (AvgIpc) is 2.64. The molecule has 0 saturated heterocycles. The largest absolute Gasteiger partial charge is 0.507 e. The number of phenols is 2. The Hall–Kier alpha value is -3.19. The SMILES string of the molecule is CN(C)CCNc1ccc(F)c2c(C(=O)C=O)c3c(O)ccc(O)c3cc12. The minimum Gasteiger partial charge on any atom is -0.507 e. The number of carbonyl (C=O) groups excluding carboxylic acids is 2. The number of ketones is 1. The number of fused-ring (bicyclic) bond motifs is 2. The fourth-order valence-electron chi connectivity index (χ4n) is 3.15. The fraction of sp³-hybridized carbons (Fsp3) is 0.200. The Bertz CT molecular complexity index is 1060. The summed E-state index contributed by atoms with van der Waals surface area (Å²) in [6.07, 6.45) is 0.0727. The van der Waals surface area contributed by atoms with Crippen LogP contribution >= 0.6 is 0 Å². The summed E-state index contributed by atoms with van der Waals surface area (Å²) < 4.78 is 14.7. The zero-order chi connectivity index (χ0) is 19.7. The molecule has 0 aromatic heterocycles. The number of carbonyl (C=O) groups is 2. The van der Waals surface area contributed by atoms with Gasteiger partial charge >= 0.3 is 0 Å². The monoisotopic (exact) mass is 370 g/mol. The molecule has 0 fully saturated rings. The molecule has 0 unspecified atom stereocenters. The number of likely N-dealkylation sites (N-methyl/N-ethyl adjacent to an activating group) is 1. The summed E-state index contributed by atoms with van der Waals surface area (Å²) in [4.78, 5) is 25.5. The predicted octanol–water partition coefficient (Wildman–Crippen LogP) is 2.90. The van der Waals surface area contributed by atoms with E-state index in [0.717, 1.165) is 6.54 Å². The highest BCUT2D eigenvalue weighted by Crippen LogP contribution is 2.41. The van der Waals surface area contributed by atoms with Crippen molar-refractivity contribution in [2.24, 2.45) is 0 Å². The molecule has 0 atom stereocenters. The quantitative estimate of drug-likeness (QED) is 0.203. The zero-order valence-electron chi connectivity index (χ0n) is 14.9. The Labute approximate surface area is 154 Å². The van der Waals surface area contributed by atoms with E-state index in [1.54, 1.807) is 0 Å². The third-order valence-electron chi connectivity index (χ3n) is 4.41. The number of nitrogens with one attached hydrogen (secondary N) is 1. The maximum atomic E-state index is 14.7. The van der Waals surface area contributed by atoms with Crippen LogP contribution < -0.4 is 5.32 Å². The number of rotatable bonds is 6. The van der Waals surface area contributed by atoms with Crippen LogP contribution in [0.3, 0.4) is 0 Å². The molecule has 3 rings (SSSR count). The van der Waals surface area contributed by atoms with Crippen LogP contribution in [0, 0.1) is 5.82 Å². The Balaban J connectivity index is 2.39. The lowest BCUT2D eigenvalue weighted by Crippen LogP contribution is -2.20. The molecule has 0 aliphatic carbocycles. The first-order valence-electron chi connectivity index (χ1n) is 8.33. The van der Waals surface area contributed by atoms with E-state index in [1.807, 2.05) is 19.0 Å². The first-order chi connectivity index (χ1) is 12.8. The summed E-state index contributed by atoms with van der Waals surface area (Å²) in [5.74, 6) is -2.18. The number of nitrogens with zero attached hydrogens (tertiary/aromatic N) is 1. The van der Waals surface area contributed by atoms with Gasteiger partial charge < -0.3 is 20.4 Å².